The molecule has 1 fully saturated rings. The maximum Gasteiger partial charge on any atom is 0.289 e. The van der Waals surface area contributed by atoms with Crippen LogP contribution in [0.15, 0.2) is 47.1 Å². The van der Waals surface area contributed by atoms with Crippen molar-refractivity contribution in [1.29, 1.82) is 0 Å². The van der Waals surface area contributed by atoms with Crippen molar-refractivity contribution in [2.45, 2.75) is 25.2 Å². The average molecular weight is 397 g/mol. The Morgan fingerprint density at radius 2 is 2.10 bits per heavy atom. The number of aromatic nitrogens is 4. The summed E-state index contributed by atoms with van der Waals surface area (Å²) in [6.07, 6.45) is 0.0122. The molecule has 1 atom stereocenters. The van der Waals surface area contributed by atoms with Crippen LogP contribution in [0.3, 0.4) is 0 Å². The number of benzene rings is 1. The fraction of sp³-hybridized carbons (Fsp3) is 0.300. The summed E-state index contributed by atoms with van der Waals surface area (Å²) in [7, 11) is 0. The average Bonchev–Trinajstić information content (AvgIpc) is 3.39. The number of furan rings is 1. The molecule has 29 heavy (non-hydrogen) atoms. The summed E-state index contributed by atoms with van der Waals surface area (Å²) in [5.41, 5.74) is 0.913. The van der Waals surface area contributed by atoms with Gasteiger partial charge in [-0.2, -0.15) is 14.6 Å². The zero-order valence-corrected chi connectivity index (χ0v) is 15.3. The Kier molecular flexibility index (Phi) is 4.22. The van der Waals surface area contributed by atoms with Crippen LogP contribution in [0, 0.1) is 0 Å². The van der Waals surface area contributed by atoms with Crippen molar-refractivity contribution in [2.24, 2.45) is 0 Å². The van der Waals surface area contributed by atoms with Crippen LogP contribution in [0.2, 0.25) is 0 Å². The van der Waals surface area contributed by atoms with Crippen LogP contribution < -0.4 is 0 Å². The van der Waals surface area contributed by atoms with Gasteiger partial charge in [-0.05, 0) is 31.0 Å². The van der Waals surface area contributed by atoms with E-state index in [1.54, 1.807) is 11.0 Å². The van der Waals surface area contributed by atoms with Gasteiger partial charge in [0.25, 0.3) is 18.1 Å². The molecule has 1 unspecified atom stereocenters. The van der Waals surface area contributed by atoms with Gasteiger partial charge in [0, 0.05) is 24.4 Å². The summed E-state index contributed by atoms with van der Waals surface area (Å²) < 4.78 is 33.7. The van der Waals surface area contributed by atoms with Gasteiger partial charge in [-0.3, -0.25) is 4.79 Å². The Bertz CT molecular complexity index is 1170. The standard InChI is InChI=1S/C20H17F2N5O2/c21-18(22)15-9-14(25-20-23-11-24-27(15)20)13-5-3-7-26(10-13)19(28)17-8-12-4-1-2-6-16(12)29-17/h1-2,4,6,8-9,11,13,18H,3,5,7,10H2. The zero-order chi connectivity index (χ0) is 20.0. The number of hydrogen-bond acceptors (Lipinski definition) is 5. The first-order valence-corrected chi connectivity index (χ1v) is 9.37. The lowest BCUT2D eigenvalue weighted by Gasteiger charge is -2.32. The lowest BCUT2D eigenvalue weighted by atomic mass is 9.94. The van der Waals surface area contributed by atoms with E-state index in [-0.39, 0.29) is 29.1 Å². The van der Waals surface area contributed by atoms with Gasteiger partial charge < -0.3 is 9.32 Å². The van der Waals surface area contributed by atoms with Crippen molar-refractivity contribution in [1.82, 2.24) is 24.5 Å². The van der Waals surface area contributed by atoms with E-state index in [9.17, 15) is 13.6 Å². The number of alkyl halides is 2. The largest absolute Gasteiger partial charge is 0.451 e. The molecule has 3 aromatic heterocycles. The zero-order valence-electron chi connectivity index (χ0n) is 15.3. The highest BCUT2D eigenvalue weighted by atomic mass is 19.3. The second-order valence-corrected chi connectivity index (χ2v) is 7.12. The summed E-state index contributed by atoms with van der Waals surface area (Å²) in [5, 5.41) is 4.68. The first-order chi connectivity index (χ1) is 14.1. The van der Waals surface area contributed by atoms with E-state index >= 15 is 0 Å². The van der Waals surface area contributed by atoms with Crippen molar-refractivity contribution in [3.05, 3.63) is 59.9 Å². The molecule has 0 N–H and O–H groups in total. The van der Waals surface area contributed by atoms with E-state index in [4.69, 9.17) is 4.42 Å². The minimum Gasteiger partial charge on any atom is -0.451 e. The van der Waals surface area contributed by atoms with Crippen LogP contribution in [-0.4, -0.2) is 43.5 Å². The number of amides is 1. The molecular formula is C20H17F2N5O2. The fourth-order valence-corrected chi connectivity index (χ4v) is 3.86. The normalized spacial score (nSPS) is 17.5. The predicted molar refractivity (Wildman–Crippen MR) is 99.8 cm³/mol. The molecule has 4 aromatic rings. The molecule has 0 saturated carbocycles. The number of piperidine rings is 1. The van der Waals surface area contributed by atoms with Crippen molar-refractivity contribution < 1.29 is 18.0 Å². The molecule has 1 aromatic carbocycles. The molecule has 4 heterocycles. The van der Waals surface area contributed by atoms with E-state index in [1.165, 1.54) is 12.4 Å². The second-order valence-electron chi connectivity index (χ2n) is 7.12. The minimum absolute atomic E-state index is 0.138. The highest BCUT2D eigenvalue weighted by molar-refractivity contribution is 5.96. The topological polar surface area (TPSA) is 76.5 Å². The van der Waals surface area contributed by atoms with E-state index < -0.39 is 6.43 Å². The van der Waals surface area contributed by atoms with Crippen LogP contribution in [0.25, 0.3) is 16.7 Å². The van der Waals surface area contributed by atoms with E-state index in [1.807, 2.05) is 24.3 Å². The number of para-hydroxylation sites is 1. The number of carbonyl (C=O) groups excluding carboxylic acids is 1. The first kappa shape index (κ1) is 17.7. The number of likely N-dealkylation sites (tertiary alicyclic amines) is 1. The number of halogens is 2. The van der Waals surface area contributed by atoms with Gasteiger partial charge in [0.05, 0.1) is 5.69 Å². The van der Waals surface area contributed by atoms with E-state index in [0.717, 1.165) is 22.7 Å². The summed E-state index contributed by atoms with van der Waals surface area (Å²) in [4.78, 5) is 23.0. The Labute approximate surface area is 164 Å². The lowest BCUT2D eigenvalue weighted by Crippen LogP contribution is -2.39. The third-order valence-electron chi connectivity index (χ3n) is 5.29. The molecule has 9 heteroatoms. The number of fused-ring (bicyclic) bond motifs is 2. The molecule has 0 bridgehead atoms. The molecule has 1 saturated heterocycles. The lowest BCUT2D eigenvalue weighted by molar-refractivity contribution is 0.0675. The first-order valence-electron chi connectivity index (χ1n) is 9.37. The van der Waals surface area contributed by atoms with E-state index in [2.05, 4.69) is 15.1 Å². The summed E-state index contributed by atoms with van der Waals surface area (Å²) in [6.45, 7) is 0.969. The maximum atomic E-state index is 13.5. The van der Waals surface area contributed by atoms with Crippen LogP contribution in [0.1, 0.15) is 47.1 Å². The third-order valence-corrected chi connectivity index (χ3v) is 5.29. The third kappa shape index (κ3) is 3.12. The Hall–Kier alpha value is -3.36. The molecule has 1 aliphatic rings. The van der Waals surface area contributed by atoms with Gasteiger partial charge in [0.2, 0.25) is 0 Å². The Morgan fingerprint density at radius 1 is 1.24 bits per heavy atom. The van der Waals surface area contributed by atoms with Gasteiger partial charge in [0.15, 0.2) is 5.76 Å². The molecule has 0 spiro atoms. The molecule has 1 amide bonds. The van der Waals surface area contributed by atoms with Crippen molar-refractivity contribution in [2.75, 3.05) is 13.1 Å². The predicted octanol–water partition coefficient (Wildman–Crippen LogP) is 3.83. The number of nitrogens with zero attached hydrogens (tertiary/aromatic N) is 5. The van der Waals surface area contributed by atoms with Gasteiger partial charge in [-0.15, -0.1) is 0 Å². The van der Waals surface area contributed by atoms with Crippen LogP contribution >= 0.6 is 0 Å². The van der Waals surface area contributed by atoms with Crippen LogP contribution in [0.4, 0.5) is 8.78 Å². The molecule has 148 valence electrons. The van der Waals surface area contributed by atoms with Crippen molar-refractivity contribution in [3.63, 3.8) is 0 Å². The smallest absolute Gasteiger partial charge is 0.289 e. The van der Waals surface area contributed by atoms with Crippen LogP contribution in [0.5, 0.6) is 0 Å². The van der Waals surface area contributed by atoms with Gasteiger partial charge in [0.1, 0.15) is 17.6 Å². The van der Waals surface area contributed by atoms with Gasteiger partial charge in [-0.25, -0.2) is 13.8 Å². The van der Waals surface area contributed by atoms with Crippen molar-refractivity contribution >= 4 is 22.7 Å². The minimum atomic E-state index is -2.70. The number of hydrogen-bond donors (Lipinski definition) is 0. The number of rotatable bonds is 3. The second kappa shape index (κ2) is 6.91. The Balaban J connectivity index is 1.43. The quantitative estimate of drug-likeness (QED) is 0.525. The molecule has 1 aliphatic heterocycles. The van der Waals surface area contributed by atoms with Crippen LogP contribution in [-0.2, 0) is 0 Å². The van der Waals surface area contributed by atoms with Crippen molar-refractivity contribution in [3.8, 4) is 0 Å². The monoisotopic (exact) mass is 397 g/mol. The number of carbonyl (C=O) groups is 1. The molecule has 0 aliphatic carbocycles. The molecule has 0 radical (unpaired) electrons. The Morgan fingerprint density at radius 3 is 2.93 bits per heavy atom. The molecule has 5 rings (SSSR count). The molecular weight excluding hydrogens is 380 g/mol. The molecule has 7 nitrogen and oxygen atoms in total. The highest BCUT2D eigenvalue weighted by Gasteiger charge is 2.29. The van der Waals surface area contributed by atoms with Gasteiger partial charge >= 0.3 is 0 Å². The SMILES string of the molecule is O=C(c1cc2ccccc2o1)N1CCCC(c2cc(C(F)F)n3ncnc3n2)C1. The van der Waals surface area contributed by atoms with E-state index in [0.29, 0.717) is 24.4 Å². The van der Waals surface area contributed by atoms with Gasteiger partial charge in [-0.1, -0.05) is 18.2 Å². The summed E-state index contributed by atoms with van der Waals surface area (Å²) >= 11 is 0. The maximum absolute atomic E-state index is 13.5. The highest BCUT2D eigenvalue weighted by Crippen LogP contribution is 2.30. The summed E-state index contributed by atoms with van der Waals surface area (Å²) in [5.74, 6) is 0.0549. The fourth-order valence-electron chi connectivity index (χ4n) is 3.86. The summed E-state index contributed by atoms with van der Waals surface area (Å²) in [6, 6.07) is 10.5.